The molecule has 0 nitrogen and oxygen atoms in total. The molecular formula is C11H18SSi. The van der Waals surface area contributed by atoms with Gasteiger partial charge in [0.25, 0.3) is 0 Å². The largest absolute Gasteiger partial charge is 0.150 e. The molecule has 0 N–H and O–H groups in total. The summed E-state index contributed by atoms with van der Waals surface area (Å²) < 4.78 is 1.78. The van der Waals surface area contributed by atoms with E-state index in [0.717, 1.165) is 0 Å². The molecule has 1 aromatic heterocycles. The lowest BCUT2D eigenvalue weighted by molar-refractivity contribution is 0.910. The lowest BCUT2D eigenvalue weighted by Gasteiger charge is -2.15. The maximum absolute atomic E-state index is 2.47. The molecule has 2 heteroatoms. The third-order valence-electron chi connectivity index (χ3n) is 2.85. The van der Waals surface area contributed by atoms with E-state index in [1.807, 2.05) is 0 Å². The van der Waals surface area contributed by atoms with Gasteiger partial charge in [-0.3, -0.25) is 0 Å². The summed E-state index contributed by atoms with van der Waals surface area (Å²) in [6, 6.07) is 0. The molecule has 0 saturated carbocycles. The topological polar surface area (TPSA) is 0 Å². The minimum Gasteiger partial charge on any atom is -0.150 e. The van der Waals surface area contributed by atoms with Crippen LogP contribution in [-0.2, 0) is 12.8 Å². The second kappa shape index (κ2) is 2.96. The van der Waals surface area contributed by atoms with Gasteiger partial charge in [0.05, 0.1) is 8.07 Å². The van der Waals surface area contributed by atoms with Crippen molar-refractivity contribution in [1.82, 2.24) is 0 Å². The Morgan fingerprint density at radius 3 is 2.31 bits per heavy atom. The van der Waals surface area contributed by atoms with Crippen molar-refractivity contribution >= 4 is 23.9 Å². The molecule has 1 heterocycles. The van der Waals surface area contributed by atoms with Crippen molar-refractivity contribution in [2.24, 2.45) is 0 Å². The summed E-state index contributed by atoms with van der Waals surface area (Å²) in [5.41, 5.74) is 3.46. The predicted octanol–water partition coefficient (Wildman–Crippen LogP) is 3.09. The quantitative estimate of drug-likeness (QED) is 0.625. The highest BCUT2D eigenvalue weighted by Crippen LogP contribution is 2.30. The first-order valence-electron chi connectivity index (χ1n) is 5.12. The first-order valence-corrected chi connectivity index (χ1v) is 9.43. The van der Waals surface area contributed by atoms with Crippen LogP contribution in [0.4, 0.5) is 0 Å². The van der Waals surface area contributed by atoms with Gasteiger partial charge in [0.15, 0.2) is 0 Å². The van der Waals surface area contributed by atoms with Gasteiger partial charge in [-0.05, 0) is 41.8 Å². The van der Waals surface area contributed by atoms with Gasteiger partial charge < -0.3 is 0 Å². The zero-order valence-corrected chi connectivity index (χ0v) is 10.8. The number of hydrogen-bond acceptors (Lipinski definition) is 1. The molecule has 0 radical (unpaired) electrons. The van der Waals surface area contributed by atoms with Crippen molar-refractivity contribution in [3.05, 3.63) is 16.0 Å². The SMILES string of the molecule is Cc1sc([Si](C)(C)C)c2c1CCC2. The third-order valence-corrected chi connectivity index (χ3v) is 7.66. The van der Waals surface area contributed by atoms with E-state index in [-0.39, 0.29) is 0 Å². The highest BCUT2D eigenvalue weighted by atomic mass is 32.1. The minimum absolute atomic E-state index is 1.05. The second-order valence-electron chi connectivity index (χ2n) is 5.05. The second-order valence-corrected chi connectivity index (χ2v) is 11.6. The number of thiophene rings is 1. The first-order chi connectivity index (χ1) is 6.00. The lowest BCUT2D eigenvalue weighted by Crippen LogP contribution is -2.37. The van der Waals surface area contributed by atoms with Crippen LogP contribution in [0.2, 0.25) is 19.6 Å². The molecule has 0 fully saturated rings. The molecule has 1 aromatic rings. The maximum atomic E-state index is 2.47. The monoisotopic (exact) mass is 210 g/mol. The molecule has 1 aliphatic rings. The Balaban J connectivity index is 2.55. The predicted molar refractivity (Wildman–Crippen MR) is 64.1 cm³/mol. The molecule has 0 saturated heterocycles. The highest BCUT2D eigenvalue weighted by molar-refractivity contribution is 7.26. The van der Waals surface area contributed by atoms with Crippen LogP contribution in [0.25, 0.3) is 0 Å². The van der Waals surface area contributed by atoms with E-state index in [0.29, 0.717) is 0 Å². The molecule has 2 rings (SSSR count). The van der Waals surface area contributed by atoms with Gasteiger partial charge in [0.1, 0.15) is 0 Å². The van der Waals surface area contributed by atoms with Crippen LogP contribution in [0.5, 0.6) is 0 Å². The van der Waals surface area contributed by atoms with Gasteiger partial charge >= 0.3 is 0 Å². The van der Waals surface area contributed by atoms with Crippen LogP contribution in [0.1, 0.15) is 22.4 Å². The van der Waals surface area contributed by atoms with Gasteiger partial charge in [0.2, 0.25) is 0 Å². The summed E-state index contributed by atoms with van der Waals surface area (Å²) in [7, 11) is -1.05. The Morgan fingerprint density at radius 2 is 1.69 bits per heavy atom. The molecule has 0 aromatic carbocycles. The molecule has 0 aliphatic heterocycles. The van der Waals surface area contributed by atoms with Crippen molar-refractivity contribution in [2.75, 3.05) is 0 Å². The number of rotatable bonds is 1. The Kier molecular flexibility index (Phi) is 2.15. The van der Waals surface area contributed by atoms with Crippen LogP contribution in [0.3, 0.4) is 0 Å². The summed E-state index contributed by atoms with van der Waals surface area (Å²) in [6.07, 6.45) is 4.11. The molecule has 72 valence electrons. The van der Waals surface area contributed by atoms with E-state index in [4.69, 9.17) is 0 Å². The summed E-state index contributed by atoms with van der Waals surface area (Å²) in [4.78, 5) is 1.60. The number of aryl methyl sites for hydroxylation is 1. The van der Waals surface area contributed by atoms with Gasteiger partial charge in [-0.2, -0.15) is 0 Å². The van der Waals surface area contributed by atoms with Crippen molar-refractivity contribution < 1.29 is 0 Å². The highest BCUT2D eigenvalue weighted by Gasteiger charge is 2.28. The molecule has 1 aliphatic carbocycles. The van der Waals surface area contributed by atoms with E-state index < -0.39 is 8.07 Å². The molecule has 0 spiro atoms. The van der Waals surface area contributed by atoms with Gasteiger partial charge in [-0.1, -0.05) is 19.6 Å². The fraction of sp³-hybridized carbons (Fsp3) is 0.636. The fourth-order valence-electron chi connectivity index (χ4n) is 2.26. The molecule has 13 heavy (non-hydrogen) atoms. The van der Waals surface area contributed by atoms with Crippen LogP contribution < -0.4 is 4.50 Å². The minimum atomic E-state index is -1.05. The van der Waals surface area contributed by atoms with Crippen LogP contribution >= 0.6 is 11.3 Å². The molecule has 0 unspecified atom stereocenters. The summed E-state index contributed by atoms with van der Waals surface area (Å²) in [6.45, 7) is 9.71. The Morgan fingerprint density at radius 1 is 1.08 bits per heavy atom. The van der Waals surface area contributed by atoms with E-state index in [9.17, 15) is 0 Å². The van der Waals surface area contributed by atoms with Crippen LogP contribution in [0, 0.1) is 6.92 Å². The smallest absolute Gasteiger partial charge is 0.0907 e. The normalized spacial score (nSPS) is 16.3. The summed E-state index contributed by atoms with van der Waals surface area (Å²) in [5, 5.41) is 0. The van der Waals surface area contributed by atoms with E-state index >= 15 is 0 Å². The summed E-state index contributed by atoms with van der Waals surface area (Å²) in [5.74, 6) is 0. The molecule has 0 amide bonds. The van der Waals surface area contributed by atoms with Crippen molar-refractivity contribution in [3.8, 4) is 0 Å². The maximum Gasteiger partial charge on any atom is 0.0907 e. The standard InChI is InChI=1S/C11H18SSi/c1-8-9-6-5-7-10(9)11(12-8)13(2,3)4/h5-7H2,1-4H3. The van der Waals surface area contributed by atoms with E-state index in [1.54, 1.807) is 20.5 Å². The van der Waals surface area contributed by atoms with E-state index in [2.05, 4.69) is 37.9 Å². The Bertz CT molecular complexity index is 331. The lowest BCUT2D eigenvalue weighted by atomic mass is 10.2. The summed E-state index contributed by atoms with van der Waals surface area (Å²) >= 11 is 2.09. The van der Waals surface area contributed by atoms with Gasteiger partial charge in [-0.25, -0.2) is 0 Å². The number of hydrogen-bond donors (Lipinski definition) is 0. The zero-order valence-electron chi connectivity index (χ0n) is 9.03. The van der Waals surface area contributed by atoms with Crippen molar-refractivity contribution in [2.45, 2.75) is 45.8 Å². The van der Waals surface area contributed by atoms with Crippen molar-refractivity contribution in [3.63, 3.8) is 0 Å². The van der Waals surface area contributed by atoms with E-state index in [1.165, 1.54) is 19.3 Å². The van der Waals surface area contributed by atoms with Crippen LogP contribution in [0.15, 0.2) is 0 Å². The average molecular weight is 210 g/mol. The van der Waals surface area contributed by atoms with Gasteiger partial charge in [-0.15, -0.1) is 11.3 Å². The molecule has 0 bridgehead atoms. The number of fused-ring (bicyclic) bond motifs is 1. The molecular weight excluding hydrogens is 192 g/mol. The zero-order chi connectivity index (χ0) is 9.64. The van der Waals surface area contributed by atoms with Gasteiger partial charge in [0, 0.05) is 4.88 Å². The Labute approximate surface area is 86.0 Å². The van der Waals surface area contributed by atoms with Crippen LogP contribution in [-0.4, -0.2) is 8.07 Å². The van der Waals surface area contributed by atoms with Crippen molar-refractivity contribution in [1.29, 1.82) is 0 Å². The fourth-order valence-corrected chi connectivity index (χ4v) is 6.13. The third kappa shape index (κ3) is 1.50. The molecule has 0 atom stereocenters. The first kappa shape index (κ1) is 9.47. The Hall–Kier alpha value is -0.0831. The average Bonchev–Trinajstić information content (AvgIpc) is 2.51.